The zero-order valence-corrected chi connectivity index (χ0v) is 22.1. The van der Waals surface area contributed by atoms with Crippen molar-refractivity contribution < 1.29 is 0 Å². The number of hydrogen-bond donors (Lipinski definition) is 0. The van der Waals surface area contributed by atoms with Gasteiger partial charge in [-0.25, -0.2) is 0 Å². The Balaban J connectivity index is 1.43. The summed E-state index contributed by atoms with van der Waals surface area (Å²) >= 11 is 0. The Hall–Kier alpha value is -5.90. The lowest BCUT2D eigenvalue weighted by atomic mass is 9.90. The van der Waals surface area contributed by atoms with E-state index in [9.17, 15) is 10.5 Å². The fourth-order valence-electron chi connectivity index (χ4n) is 5.81. The van der Waals surface area contributed by atoms with E-state index >= 15 is 0 Å². The molecule has 0 aliphatic carbocycles. The summed E-state index contributed by atoms with van der Waals surface area (Å²) in [7, 11) is 0. The van der Waals surface area contributed by atoms with Gasteiger partial charge in [-0.1, -0.05) is 103 Å². The van der Waals surface area contributed by atoms with Crippen LogP contribution in [0.15, 0.2) is 140 Å². The highest BCUT2D eigenvalue weighted by Gasteiger charge is 2.17. The molecule has 0 atom stereocenters. The molecule has 6 aromatic carbocycles. The number of fused-ring (bicyclic) bond motifs is 3. The molecular weight excluding hydrogens is 498 g/mol. The molecule has 7 rings (SSSR count). The minimum atomic E-state index is 0.541. The Morgan fingerprint density at radius 3 is 1.71 bits per heavy atom. The van der Waals surface area contributed by atoms with Crippen LogP contribution in [0.2, 0.25) is 0 Å². The van der Waals surface area contributed by atoms with Crippen LogP contribution in [0.25, 0.3) is 60.9 Å². The summed E-state index contributed by atoms with van der Waals surface area (Å²) in [4.78, 5) is 0. The van der Waals surface area contributed by atoms with Crippen molar-refractivity contribution in [1.82, 2.24) is 4.57 Å². The third kappa shape index (κ3) is 4.14. The smallest absolute Gasteiger partial charge is 0.100 e. The minimum Gasteiger partial charge on any atom is -0.309 e. The first-order chi connectivity index (χ1) is 20.2. The second kappa shape index (κ2) is 10.0. The molecule has 41 heavy (non-hydrogen) atoms. The summed E-state index contributed by atoms with van der Waals surface area (Å²) in [5, 5.41) is 22.8. The van der Waals surface area contributed by atoms with Crippen molar-refractivity contribution in [2.45, 2.75) is 0 Å². The van der Waals surface area contributed by atoms with Crippen LogP contribution in [0.5, 0.6) is 0 Å². The highest BCUT2D eigenvalue weighted by Crippen LogP contribution is 2.37. The average molecular weight is 522 g/mol. The van der Waals surface area contributed by atoms with E-state index in [1.165, 1.54) is 0 Å². The summed E-state index contributed by atoms with van der Waals surface area (Å²) in [6, 6.07) is 51.8. The molecule has 3 nitrogen and oxygen atoms in total. The average Bonchev–Trinajstić information content (AvgIpc) is 3.39. The lowest BCUT2D eigenvalue weighted by Gasteiger charge is -2.14. The third-order valence-electron chi connectivity index (χ3n) is 7.65. The van der Waals surface area contributed by atoms with Crippen LogP contribution in [-0.4, -0.2) is 4.57 Å². The van der Waals surface area contributed by atoms with E-state index in [2.05, 4.69) is 71.3 Å². The predicted octanol–water partition coefficient (Wildman–Crippen LogP) is 9.53. The van der Waals surface area contributed by atoms with Crippen LogP contribution in [0, 0.1) is 22.7 Å². The van der Waals surface area contributed by atoms with Gasteiger partial charge in [-0.3, -0.25) is 0 Å². The van der Waals surface area contributed by atoms with E-state index in [-0.39, 0.29) is 0 Å². The third-order valence-corrected chi connectivity index (χ3v) is 7.65. The molecule has 0 aliphatic rings. The van der Waals surface area contributed by atoms with Crippen molar-refractivity contribution in [1.29, 1.82) is 10.5 Å². The van der Waals surface area contributed by atoms with Crippen molar-refractivity contribution in [2.24, 2.45) is 0 Å². The zero-order chi connectivity index (χ0) is 27.8. The van der Waals surface area contributed by atoms with Crippen LogP contribution in [0.4, 0.5) is 0 Å². The highest BCUT2D eigenvalue weighted by molar-refractivity contribution is 6.09. The quantitative estimate of drug-likeness (QED) is 0.232. The number of nitriles is 2. The molecule has 0 fully saturated rings. The molecule has 1 heterocycles. The topological polar surface area (TPSA) is 52.5 Å². The van der Waals surface area contributed by atoms with Crippen molar-refractivity contribution in [2.75, 3.05) is 0 Å². The lowest BCUT2D eigenvalue weighted by Crippen LogP contribution is -1.97. The largest absolute Gasteiger partial charge is 0.309 e. The lowest BCUT2D eigenvalue weighted by molar-refractivity contribution is 1.18. The summed E-state index contributed by atoms with van der Waals surface area (Å²) in [6.45, 7) is 0. The maximum atomic E-state index is 10.5. The molecule has 0 radical (unpaired) electrons. The van der Waals surface area contributed by atoms with Crippen molar-refractivity contribution >= 4 is 21.8 Å². The predicted molar refractivity (Wildman–Crippen MR) is 167 cm³/mol. The molecular formula is C38H23N3. The molecule has 0 N–H and O–H groups in total. The van der Waals surface area contributed by atoms with Gasteiger partial charge in [-0.05, 0) is 58.7 Å². The second-order valence-electron chi connectivity index (χ2n) is 10.0. The standard InChI is InChI=1S/C38H23N3/c39-24-26-20-30(23-31(21-26)41-37-18-6-4-14-34(37)35-15-5-7-19-38(35)41)33-17-9-16-32(36(33)25-40)29-13-8-12-28(22-29)27-10-2-1-3-11-27/h1-23H. The SMILES string of the molecule is N#Cc1cc(-c2cccc(-c3cccc(-c4ccccc4)c3)c2C#N)cc(-n2c3ccccc3c3ccccc32)c1. The highest BCUT2D eigenvalue weighted by atomic mass is 15.0. The van der Waals surface area contributed by atoms with Crippen LogP contribution in [-0.2, 0) is 0 Å². The summed E-state index contributed by atoms with van der Waals surface area (Å²) in [6.07, 6.45) is 0. The summed E-state index contributed by atoms with van der Waals surface area (Å²) in [5.74, 6) is 0. The van der Waals surface area contributed by atoms with Gasteiger partial charge < -0.3 is 4.57 Å². The number of nitrogens with zero attached hydrogens (tertiary/aromatic N) is 3. The molecule has 190 valence electrons. The van der Waals surface area contributed by atoms with Crippen LogP contribution in [0.3, 0.4) is 0 Å². The van der Waals surface area contributed by atoms with Gasteiger partial charge in [0.1, 0.15) is 6.07 Å². The normalized spacial score (nSPS) is 10.9. The van der Waals surface area contributed by atoms with E-state index in [4.69, 9.17) is 0 Å². The molecule has 0 bridgehead atoms. The first kappa shape index (κ1) is 24.2. The fraction of sp³-hybridized carbons (Fsp3) is 0. The molecule has 0 saturated carbocycles. The molecule has 1 aromatic heterocycles. The van der Waals surface area contributed by atoms with Gasteiger partial charge in [-0.2, -0.15) is 10.5 Å². The van der Waals surface area contributed by atoms with E-state index in [1.807, 2.05) is 84.9 Å². The van der Waals surface area contributed by atoms with Gasteiger partial charge >= 0.3 is 0 Å². The maximum absolute atomic E-state index is 10.5. The number of benzene rings is 6. The molecule has 0 amide bonds. The molecule has 0 spiro atoms. The maximum Gasteiger partial charge on any atom is 0.100 e. The Bertz CT molecular complexity index is 2120. The fourth-order valence-corrected chi connectivity index (χ4v) is 5.81. The van der Waals surface area contributed by atoms with Crippen LogP contribution < -0.4 is 0 Å². The Morgan fingerprint density at radius 2 is 1.02 bits per heavy atom. The monoisotopic (exact) mass is 521 g/mol. The molecule has 0 saturated heterocycles. The molecule has 0 unspecified atom stereocenters. The van der Waals surface area contributed by atoms with Crippen LogP contribution >= 0.6 is 0 Å². The number of hydrogen-bond acceptors (Lipinski definition) is 2. The second-order valence-corrected chi connectivity index (χ2v) is 10.0. The Labute approximate surface area is 238 Å². The van der Waals surface area contributed by atoms with E-state index in [0.717, 1.165) is 60.9 Å². The van der Waals surface area contributed by atoms with Gasteiger partial charge in [0.15, 0.2) is 0 Å². The minimum absolute atomic E-state index is 0.541. The number of aromatic nitrogens is 1. The van der Waals surface area contributed by atoms with Gasteiger partial charge in [0, 0.05) is 27.6 Å². The van der Waals surface area contributed by atoms with Crippen molar-refractivity contribution in [3.63, 3.8) is 0 Å². The van der Waals surface area contributed by atoms with E-state index < -0.39 is 0 Å². The first-order valence-electron chi connectivity index (χ1n) is 13.5. The van der Waals surface area contributed by atoms with Gasteiger partial charge in [0.25, 0.3) is 0 Å². The van der Waals surface area contributed by atoms with E-state index in [1.54, 1.807) is 0 Å². The Kier molecular flexibility index (Phi) is 5.90. The Morgan fingerprint density at radius 1 is 0.439 bits per heavy atom. The van der Waals surface area contributed by atoms with Gasteiger partial charge in [0.05, 0.1) is 28.2 Å². The summed E-state index contributed by atoms with van der Waals surface area (Å²) < 4.78 is 2.20. The van der Waals surface area contributed by atoms with Gasteiger partial charge in [0.2, 0.25) is 0 Å². The molecule has 7 aromatic rings. The molecule has 3 heteroatoms. The van der Waals surface area contributed by atoms with Crippen molar-refractivity contribution in [3.05, 3.63) is 151 Å². The van der Waals surface area contributed by atoms with Crippen molar-refractivity contribution in [3.8, 4) is 51.2 Å². The number of para-hydroxylation sites is 2. The first-order valence-corrected chi connectivity index (χ1v) is 13.5. The van der Waals surface area contributed by atoms with Crippen LogP contribution in [0.1, 0.15) is 11.1 Å². The number of rotatable bonds is 4. The van der Waals surface area contributed by atoms with Gasteiger partial charge in [-0.15, -0.1) is 0 Å². The zero-order valence-electron chi connectivity index (χ0n) is 22.1. The molecule has 0 aliphatic heterocycles. The van der Waals surface area contributed by atoms with E-state index in [0.29, 0.717) is 11.1 Å². The summed E-state index contributed by atoms with van der Waals surface area (Å²) in [5.41, 5.74) is 9.85.